The SMILES string of the molecule is Cc1ncccc1-c1cc(C(F)(F)F)cc(N)c1N. The highest BCUT2D eigenvalue weighted by Gasteiger charge is 2.32. The largest absolute Gasteiger partial charge is 0.416 e. The Labute approximate surface area is 108 Å². The van der Waals surface area contributed by atoms with E-state index in [9.17, 15) is 13.2 Å². The Morgan fingerprint density at radius 1 is 1.11 bits per heavy atom. The first-order valence-electron chi connectivity index (χ1n) is 5.49. The van der Waals surface area contributed by atoms with Gasteiger partial charge in [-0.25, -0.2) is 0 Å². The smallest absolute Gasteiger partial charge is 0.397 e. The Morgan fingerprint density at radius 2 is 1.79 bits per heavy atom. The molecule has 4 N–H and O–H groups in total. The number of alkyl halides is 3. The van der Waals surface area contributed by atoms with Gasteiger partial charge in [0.25, 0.3) is 0 Å². The third-order valence-corrected chi connectivity index (χ3v) is 2.84. The van der Waals surface area contributed by atoms with Crippen LogP contribution >= 0.6 is 0 Å². The van der Waals surface area contributed by atoms with Crippen LogP contribution in [0.15, 0.2) is 30.5 Å². The van der Waals surface area contributed by atoms with Crippen LogP contribution in [-0.4, -0.2) is 4.98 Å². The van der Waals surface area contributed by atoms with Crippen molar-refractivity contribution in [3.8, 4) is 11.1 Å². The van der Waals surface area contributed by atoms with Crippen molar-refractivity contribution in [2.75, 3.05) is 11.5 Å². The molecule has 0 aliphatic rings. The summed E-state index contributed by atoms with van der Waals surface area (Å²) in [5.41, 5.74) is 11.9. The van der Waals surface area contributed by atoms with Crippen LogP contribution in [0.2, 0.25) is 0 Å². The molecule has 3 nitrogen and oxygen atoms in total. The van der Waals surface area contributed by atoms with Crippen LogP contribution in [0.25, 0.3) is 11.1 Å². The number of nitrogens with two attached hydrogens (primary N) is 2. The van der Waals surface area contributed by atoms with Crippen molar-refractivity contribution >= 4 is 11.4 Å². The Kier molecular flexibility index (Phi) is 3.09. The summed E-state index contributed by atoms with van der Waals surface area (Å²) in [6.07, 6.45) is -2.90. The number of rotatable bonds is 1. The molecular formula is C13H12F3N3. The summed E-state index contributed by atoms with van der Waals surface area (Å²) in [5, 5.41) is 0. The maximum Gasteiger partial charge on any atom is 0.416 e. The number of hydrogen-bond donors (Lipinski definition) is 2. The minimum Gasteiger partial charge on any atom is -0.397 e. The Morgan fingerprint density at radius 3 is 2.37 bits per heavy atom. The van der Waals surface area contributed by atoms with E-state index >= 15 is 0 Å². The van der Waals surface area contributed by atoms with E-state index < -0.39 is 11.7 Å². The van der Waals surface area contributed by atoms with Crippen molar-refractivity contribution in [1.29, 1.82) is 0 Å². The molecule has 19 heavy (non-hydrogen) atoms. The lowest BCUT2D eigenvalue weighted by Crippen LogP contribution is -2.08. The second kappa shape index (κ2) is 4.46. The minimum absolute atomic E-state index is 0.0897. The van der Waals surface area contributed by atoms with E-state index in [1.165, 1.54) is 0 Å². The molecular weight excluding hydrogens is 255 g/mol. The average molecular weight is 267 g/mol. The maximum absolute atomic E-state index is 12.8. The lowest BCUT2D eigenvalue weighted by Gasteiger charge is -2.14. The molecule has 100 valence electrons. The predicted octanol–water partition coefficient (Wildman–Crippen LogP) is 3.24. The number of aryl methyl sites for hydroxylation is 1. The van der Waals surface area contributed by atoms with Crippen molar-refractivity contribution in [2.24, 2.45) is 0 Å². The number of aromatic nitrogens is 1. The first kappa shape index (κ1) is 13.2. The molecule has 0 saturated carbocycles. The molecule has 0 saturated heterocycles. The quantitative estimate of drug-likeness (QED) is 0.779. The van der Waals surface area contributed by atoms with Crippen molar-refractivity contribution in [1.82, 2.24) is 4.98 Å². The molecule has 0 atom stereocenters. The summed E-state index contributed by atoms with van der Waals surface area (Å²) >= 11 is 0. The topological polar surface area (TPSA) is 64.9 Å². The molecule has 0 aliphatic heterocycles. The summed E-state index contributed by atoms with van der Waals surface area (Å²) in [4.78, 5) is 4.04. The molecule has 0 spiro atoms. The number of nitrogen functional groups attached to an aromatic ring is 2. The third kappa shape index (κ3) is 2.47. The molecule has 0 fully saturated rings. The second-order valence-corrected chi connectivity index (χ2v) is 4.16. The van der Waals surface area contributed by atoms with Crippen LogP contribution in [0.4, 0.5) is 24.5 Å². The zero-order chi connectivity index (χ0) is 14.2. The molecule has 0 bridgehead atoms. The van der Waals surface area contributed by atoms with Gasteiger partial charge < -0.3 is 11.5 Å². The molecule has 0 aliphatic carbocycles. The van der Waals surface area contributed by atoms with E-state index in [4.69, 9.17) is 11.5 Å². The summed E-state index contributed by atoms with van der Waals surface area (Å²) in [6.45, 7) is 1.70. The Hall–Kier alpha value is -2.24. The van der Waals surface area contributed by atoms with E-state index in [1.807, 2.05) is 0 Å². The summed E-state index contributed by atoms with van der Waals surface area (Å²) in [5.74, 6) is 0. The van der Waals surface area contributed by atoms with Gasteiger partial charge in [-0.2, -0.15) is 13.2 Å². The van der Waals surface area contributed by atoms with E-state index in [2.05, 4.69) is 4.98 Å². The van der Waals surface area contributed by atoms with E-state index in [0.29, 0.717) is 11.3 Å². The summed E-state index contributed by atoms with van der Waals surface area (Å²) in [7, 11) is 0. The summed E-state index contributed by atoms with van der Waals surface area (Å²) in [6, 6.07) is 5.13. The zero-order valence-electron chi connectivity index (χ0n) is 10.1. The first-order valence-corrected chi connectivity index (χ1v) is 5.49. The highest BCUT2D eigenvalue weighted by Crippen LogP contribution is 2.38. The van der Waals surface area contributed by atoms with E-state index in [0.717, 1.165) is 12.1 Å². The van der Waals surface area contributed by atoms with Crippen molar-refractivity contribution < 1.29 is 13.2 Å². The fourth-order valence-electron chi connectivity index (χ4n) is 1.83. The second-order valence-electron chi connectivity index (χ2n) is 4.16. The van der Waals surface area contributed by atoms with Crippen LogP contribution in [0.1, 0.15) is 11.3 Å². The standard InChI is InChI=1S/C13H12F3N3/c1-7-9(3-2-4-19-7)10-5-8(13(14,15)16)6-11(17)12(10)18/h2-6H,17-18H2,1H3. The predicted molar refractivity (Wildman–Crippen MR) is 68.2 cm³/mol. The van der Waals surface area contributed by atoms with Gasteiger partial charge in [0.05, 0.1) is 16.9 Å². The van der Waals surface area contributed by atoms with Gasteiger partial charge in [0, 0.05) is 23.0 Å². The van der Waals surface area contributed by atoms with Crippen LogP contribution in [0.3, 0.4) is 0 Å². The van der Waals surface area contributed by atoms with Crippen molar-refractivity contribution in [3.05, 3.63) is 41.7 Å². The number of hydrogen-bond acceptors (Lipinski definition) is 3. The van der Waals surface area contributed by atoms with Gasteiger partial charge in [0.2, 0.25) is 0 Å². The summed E-state index contributed by atoms with van der Waals surface area (Å²) < 4.78 is 38.4. The Balaban J connectivity index is 2.70. The van der Waals surface area contributed by atoms with Crippen LogP contribution in [0.5, 0.6) is 0 Å². The monoisotopic (exact) mass is 267 g/mol. The molecule has 0 amide bonds. The van der Waals surface area contributed by atoms with E-state index in [-0.39, 0.29) is 16.9 Å². The number of benzene rings is 1. The average Bonchev–Trinajstić information content (AvgIpc) is 2.32. The molecule has 0 unspecified atom stereocenters. The lowest BCUT2D eigenvalue weighted by atomic mass is 9.98. The van der Waals surface area contributed by atoms with Gasteiger partial charge in [-0.3, -0.25) is 4.98 Å². The molecule has 6 heteroatoms. The minimum atomic E-state index is -4.47. The van der Waals surface area contributed by atoms with Gasteiger partial charge in [-0.15, -0.1) is 0 Å². The maximum atomic E-state index is 12.8. The van der Waals surface area contributed by atoms with Crippen molar-refractivity contribution in [3.63, 3.8) is 0 Å². The van der Waals surface area contributed by atoms with Gasteiger partial charge in [0.15, 0.2) is 0 Å². The number of anilines is 2. The first-order chi connectivity index (χ1) is 8.80. The number of halogens is 3. The Bertz CT molecular complexity index is 621. The molecule has 0 radical (unpaired) electrons. The van der Waals surface area contributed by atoms with Crippen LogP contribution in [0, 0.1) is 6.92 Å². The molecule has 1 aromatic carbocycles. The van der Waals surface area contributed by atoms with Crippen LogP contribution in [-0.2, 0) is 6.18 Å². The highest BCUT2D eigenvalue weighted by atomic mass is 19.4. The normalized spacial score (nSPS) is 11.6. The molecule has 1 aromatic heterocycles. The zero-order valence-corrected chi connectivity index (χ0v) is 10.1. The number of pyridine rings is 1. The van der Waals surface area contributed by atoms with Gasteiger partial charge in [-0.1, -0.05) is 6.07 Å². The third-order valence-electron chi connectivity index (χ3n) is 2.84. The van der Waals surface area contributed by atoms with Gasteiger partial charge in [-0.05, 0) is 25.1 Å². The molecule has 2 rings (SSSR count). The highest BCUT2D eigenvalue weighted by molar-refractivity contribution is 5.86. The van der Waals surface area contributed by atoms with Gasteiger partial charge >= 0.3 is 6.18 Å². The van der Waals surface area contributed by atoms with Crippen molar-refractivity contribution in [2.45, 2.75) is 13.1 Å². The van der Waals surface area contributed by atoms with E-state index in [1.54, 1.807) is 25.3 Å². The lowest BCUT2D eigenvalue weighted by molar-refractivity contribution is -0.137. The fourth-order valence-corrected chi connectivity index (χ4v) is 1.83. The fraction of sp³-hybridized carbons (Fsp3) is 0.154. The van der Waals surface area contributed by atoms with Crippen LogP contribution < -0.4 is 11.5 Å². The van der Waals surface area contributed by atoms with Gasteiger partial charge in [0.1, 0.15) is 0 Å². The molecule has 1 heterocycles. The molecule has 2 aromatic rings. The number of nitrogens with zero attached hydrogens (tertiary/aromatic N) is 1.